The molecular formula is C29H32N4O7S. The number of carbonyl (C=O) groups is 1. The lowest BCUT2D eigenvalue weighted by atomic mass is 9.69. The molecule has 1 aliphatic heterocycles. The number of amides is 1. The zero-order valence-corrected chi connectivity index (χ0v) is 24.1. The minimum atomic E-state index is -0.734. The summed E-state index contributed by atoms with van der Waals surface area (Å²) in [5.74, 6) is 0.819. The van der Waals surface area contributed by atoms with E-state index in [1.165, 1.54) is 10.9 Å². The highest BCUT2D eigenvalue weighted by Gasteiger charge is 2.37. The summed E-state index contributed by atoms with van der Waals surface area (Å²) in [6.07, 6.45) is 3.53. The first-order valence-corrected chi connectivity index (χ1v) is 14.4. The van der Waals surface area contributed by atoms with Crippen molar-refractivity contribution in [3.05, 3.63) is 78.2 Å². The summed E-state index contributed by atoms with van der Waals surface area (Å²) in [6.45, 7) is 8.96. The molecule has 0 spiro atoms. The molecule has 0 unspecified atom stereocenters. The highest BCUT2D eigenvalue weighted by molar-refractivity contribution is 7.16. The summed E-state index contributed by atoms with van der Waals surface area (Å²) in [7, 11) is 0. The molecule has 0 saturated carbocycles. The van der Waals surface area contributed by atoms with E-state index < -0.39 is 27.4 Å². The first-order valence-electron chi connectivity index (χ1n) is 13.6. The fourth-order valence-electron chi connectivity index (χ4n) is 5.44. The highest BCUT2D eigenvalue weighted by Crippen LogP contribution is 2.47. The van der Waals surface area contributed by atoms with Crippen molar-refractivity contribution >= 4 is 33.6 Å². The van der Waals surface area contributed by atoms with Crippen LogP contribution in [0, 0.1) is 31.6 Å². The average molecular weight is 581 g/mol. The van der Waals surface area contributed by atoms with Crippen LogP contribution in [0.1, 0.15) is 73.1 Å². The number of benzene rings is 2. The number of nitrogens with one attached hydrogen (secondary N) is 2. The third-order valence-corrected chi connectivity index (χ3v) is 9.42. The van der Waals surface area contributed by atoms with Gasteiger partial charge in [0.05, 0.1) is 28.1 Å². The number of nitro groups is 2. The lowest BCUT2D eigenvalue weighted by Gasteiger charge is -2.36. The molecule has 41 heavy (non-hydrogen) atoms. The van der Waals surface area contributed by atoms with Crippen LogP contribution < -0.4 is 20.1 Å². The molecule has 2 aromatic carbocycles. The molecule has 1 aromatic heterocycles. The Morgan fingerprint density at radius 2 is 1.78 bits per heavy atom. The summed E-state index contributed by atoms with van der Waals surface area (Å²) in [5.41, 5.74) is 1.90. The average Bonchev–Trinajstić information content (AvgIpc) is 3.32. The molecule has 1 amide bonds. The van der Waals surface area contributed by atoms with Gasteiger partial charge in [0.25, 0.3) is 11.6 Å². The number of nitro benzene ring substituents is 2. The van der Waals surface area contributed by atoms with Gasteiger partial charge in [-0.15, -0.1) is 11.3 Å². The molecule has 2 atom stereocenters. The minimum absolute atomic E-state index is 0.116. The number of rotatable bonds is 9. The molecule has 0 saturated heterocycles. The van der Waals surface area contributed by atoms with Crippen LogP contribution in [0.25, 0.3) is 0 Å². The van der Waals surface area contributed by atoms with E-state index in [0.717, 1.165) is 59.5 Å². The van der Waals surface area contributed by atoms with E-state index in [2.05, 4.69) is 31.4 Å². The number of fused-ring (bicyclic) bond motifs is 3. The molecule has 216 valence electrons. The third kappa shape index (κ3) is 5.43. The maximum Gasteiger partial charge on any atom is 0.318 e. The number of non-ortho nitro benzene ring substituents is 1. The van der Waals surface area contributed by atoms with Gasteiger partial charge in [-0.25, -0.2) is 0 Å². The molecule has 11 nitrogen and oxygen atoms in total. The fraction of sp³-hybridized carbons (Fsp3) is 0.414. The lowest BCUT2D eigenvalue weighted by molar-refractivity contribution is -0.394. The molecular weight excluding hydrogens is 548 g/mol. The van der Waals surface area contributed by atoms with Crippen LogP contribution in [0.2, 0.25) is 0 Å². The second-order valence-corrected chi connectivity index (χ2v) is 12.1. The molecule has 2 aliphatic rings. The normalized spacial score (nSPS) is 18.0. The van der Waals surface area contributed by atoms with Crippen LogP contribution in [0.3, 0.4) is 0 Å². The summed E-state index contributed by atoms with van der Waals surface area (Å²) in [5, 5.41) is 30.1. The summed E-state index contributed by atoms with van der Waals surface area (Å²) in [4.78, 5) is 35.8. The van der Waals surface area contributed by atoms with E-state index in [4.69, 9.17) is 9.47 Å². The number of ether oxygens (including phenoxy) is 2. The van der Waals surface area contributed by atoms with E-state index in [1.807, 2.05) is 0 Å². The molecule has 0 radical (unpaired) electrons. The highest BCUT2D eigenvalue weighted by atomic mass is 32.1. The maximum absolute atomic E-state index is 13.3. The summed E-state index contributed by atoms with van der Waals surface area (Å²) >= 11 is 1.66. The first kappa shape index (κ1) is 28.3. The Kier molecular flexibility index (Phi) is 7.60. The second kappa shape index (κ2) is 11.0. The molecule has 12 heteroatoms. The number of nitrogens with zero attached hydrogens (tertiary/aromatic N) is 2. The molecule has 2 heterocycles. The van der Waals surface area contributed by atoms with Crippen LogP contribution in [0.5, 0.6) is 17.2 Å². The van der Waals surface area contributed by atoms with Crippen molar-refractivity contribution < 1.29 is 24.1 Å². The second-order valence-electron chi connectivity index (χ2n) is 10.9. The van der Waals surface area contributed by atoms with Crippen LogP contribution in [0.15, 0.2) is 36.4 Å². The number of thiophene rings is 1. The van der Waals surface area contributed by atoms with Crippen molar-refractivity contribution in [3.8, 4) is 17.2 Å². The molecule has 0 fully saturated rings. The Morgan fingerprint density at radius 1 is 1.02 bits per heavy atom. The Hall–Kier alpha value is -4.19. The van der Waals surface area contributed by atoms with Crippen LogP contribution in [0.4, 0.5) is 16.4 Å². The van der Waals surface area contributed by atoms with E-state index >= 15 is 0 Å². The topological polar surface area (TPSA) is 146 Å². The number of anilines is 1. The van der Waals surface area contributed by atoms with Gasteiger partial charge >= 0.3 is 5.69 Å². The fourth-order valence-corrected chi connectivity index (χ4v) is 6.80. The van der Waals surface area contributed by atoms with Crippen LogP contribution in [-0.2, 0) is 12.8 Å². The minimum Gasteiger partial charge on any atom is -0.490 e. The van der Waals surface area contributed by atoms with Gasteiger partial charge in [0.1, 0.15) is 11.2 Å². The Labute approximate surface area is 241 Å². The Bertz CT molecular complexity index is 1530. The molecule has 2 N–H and O–H groups in total. The van der Waals surface area contributed by atoms with Gasteiger partial charge in [-0.3, -0.25) is 25.0 Å². The van der Waals surface area contributed by atoms with Crippen molar-refractivity contribution in [2.45, 2.75) is 59.5 Å². The standard InChI is InChI=1S/C29H32N4O7S/c1-5-29(3,4)17-8-10-19-24(14-17)41-28-25(19)27(34)30-26(31-28)16-7-11-22(23(13-16)39-6-2)40-21-12-9-18(32(35)36)15-20(21)33(37)38/h7,9,11-13,15,17,26,31H,5-6,8,10,14H2,1-4H3,(H,30,34)/t17-,26+/m1/s1. The first-order chi connectivity index (χ1) is 19.5. The maximum atomic E-state index is 13.3. The quantitative estimate of drug-likeness (QED) is 0.200. The van der Waals surface area contributed by atoms with Gasteiger partial charge in [0.15, 0.2) is 11.5 Å². The van der Waals surface area contributed by atoms with Crippen LogP contribution in [-0.4, -0.2) is 22.4 Å². The molecule has 5 rings (SSSR count). The molecule has 3 aromatic rings. The SMILES string of the molecule is CCOc1cc([C@H]2NC(=O)c3c(sc4c3CC[C@@H](C(C)(C)CC)C4)N2)ccc1Oc1ccc([N+](=O)[O-])cc1[N+](=O)[O-]. The summed E-state index contributed by atoms with van der Waals surface area (Å²) < 4.78 is 11.6. The van der Waals surface area contributed by atoms with Gasteiger partial charge in [-0.1, -0.05) is 33.3 Å². The monoisotopic (exact) mass is 580 g/mol. The van der Waals surface area contributed by atoms with E-state index in [1.54, 1.807) is 36.5 Å². The third-order valence-electron chi connectivity index (χ3n) is 8.23. The van der Waals surface area contributed by atoms with Crippen molar-refractivity contribution in [2.24, 2.45) is 11.3 Å². The van der Waals surface area contributed by atoms with Crippen LogP contribution >= 0.6 is 11.3 Å². The van der Waals surface area contributed by atoms with E-state index in [9.17, 15) is 25.0 Å². The van der Waals surface area contributed by atoms with Crippen molar-refractivity contribution in [1.82, 2.24) is 5.32 Å². The Balaban J connectivity index is 1.41. The van der Waals surface area contributed by atoms with Gasteiger partial charge in [0, 0.05) is 10.9 Å². The largest absolute Gasteiger partial charge is 0.490 e. The molecule has 1 aliphatic carbocycles. The predicted molar refractivity (Wildman–Crippen MR) is 155 cm³/mol. The van der Waals surface area contributed by atoms with E-state index in [0.29, 0.717) is 18.3 Å². The number of carbonyl (C=O) groups excluding carboxylic acids is 1. The van der Waals surface area contributed by atoms with Gasteiger partial charge in [-0.05, 0) is 66.8 Å². The Morgan fingerprint density at radius 3 is 2.46 bits per heavy atom. The smallest absolute Gasteiger partial charge is 0.318 e. The summed E-state index contributed by atoms with van der Waals surface area (Å²) in [6, 6.07) is 8.25. The van der Waals surface area contributed by atoms with Gasteiger partial charge in [-0.2, -0.15) is 0 Å². The molecule has 0 bridgehead atoms. The van der Waals surface area contributed by atoms with Crippen molar-refractivity contribution in [1.29, 1.82) is 0 Å². The predicted octanol–water partition coefficient (Wildman–Crippen LogP) is 7.15. The number of hydrogen-bond acceptors (Lipinski definition) is 9. The lowest BCUT2D eigenvalue weighted by Crippen LogP contribution is -2.38. The zero-order valence-electron chi connectivity index (χ0n) is 23.3. The van der Waals surface area contributed by atoms with Gasteiger partial charge < -0.3 is 20.1 Å². The zero-order chi connectivity index (χ0) is 29.5. The van der Waals surface area contributed by atoms with E-state index in [-0.39, 0.29) is 22.8 Å². The van der Waals surface area contributed by atoms with Crippen molar-refractivity contribution in [2.75, 3.05) is 11.9 Å². The van der Waals surface area contributed by atoms with Crippen molar-refractivity contribution in [3.63, 3.8) is 0 Å². The van der Waals surface area contributed by atoms with Gasteiger partial charge in [0.2, 0.25) is 5.75 Å². The number of hydrogen-bond donors (Lipinski definition) is 2.